The highest BCUT2D eigenvalue weighted by Gasteiger charge is 2.26. The summed E-state index contributed by atoms with van der Waals surface area (Å²) in [5, 5.41) is 7.41. The predicted molar refractivity (Wildman–Crippen MR) is 77.9 cm³/mol. The van der Waals surface area contributed by atoms with E-state index < -0.39 is 0 Å². The number of rotatable bonds is 5. The Hall–Kier alpha value is -1.43. The third kappa shape index (κ3) is 3.43. The zero-order chi connectivity index (χ0) is 14.7. The van der Waals surface area contributed by atoms with Crippen LogP contribution in [-0.2, 0) is 11.2 Å². The van der Waals surface area contributed by atoms with Gasteiger partial charge in [-0.1, -0.05) is 11.6 Å². The second-order valence-corrected chi connectivity index (χ2v) is 6.14. The van der Waals surface area contributed by atoms with Gasteiger partial charge in [0.2, 0.25) is 11.8 Å². The zero-order valence-electron chi connectivity index (χ0n) is 12.7. The molecular weight excluding hydrogens is 268 g/mol. The van der Waals surface area contributed by atoms with Crippen LogP contribution in [0.4, 0.5) is 0 Å². The molecule has 6 nitrogen and oxygen atoms in total. The van der Waals surface area contributed by atoms with E-state index in [1.54, 1.807) is 6.92 Å². The fourth-order valence-electron chi connectivity index (χ4n) is 3.11. The number of nitrogens with zero attached hydrogens (tertiary/aromatic N) is 3. The minimum absolute atomic E-state index is 0.131. The molecule has 1 saturated heterocycles. The lowest BCUT2D eigenvalue weighted by molar-refractivity contribution is -0.131. The van der Waals surface area contributed by atoms with Crippen LogP contribution < -0.4 is 5.32 Å². The second kappa shape index (κ2) is 6.56. The van der Waals surface area contributed by atoms with Crippen molar-refractivity contribution < 1.29 is 9.32 Å². The first kappa shape index (κ1) is 14.5. The maximum absolute atomic E-state index is 11.9. The summed E-state index contributed by atoms with van der Waals surface area (Å²) in [4.78, 5) is 18.3. The quantitative estimate of drug-likeness (QED) is 0.890. The van der Waals surface area contributed by atoms with Gasteiger partial charge in [-0.3, -0.25) is 4.79 Å². The SMILES string of the molecule is CC(=O)N(CCc1noc(C2CCC2)n1)C1CCCNC1. The molecule has 21 heavy (non-hydrogen) atoms. The van der Waals surface area contributed by atoms with Crippen LogP contribution in [-0.4, -0.2) is 46.6 Å². The van der Waals surface area contributed by atoms with E-state index in [4.69, 9.17) is 4.52 Å². The first-order valence-electron chi connectivity index (χ1n) is 8.04. The number of hydrogen-bond donors (Lipinski definition) is 1. The van der Waals surface area contributed by atoms with E-state index in [0.717, 1.165) is 50.5 Å². The Balaban J connectivity index is 1.55. The number of nitrogens with one attached hydrogen (secondary N) is 1. The molecule has 1 atom stereocenters. The fraction of sp³-hybridized carbons (Fsp3) is 0.800. The predicted octanol–water partition coefficient (Wildman–Crippen LogP) is 1.48. The first-order chi connectivity index (χ1) is 10.2. The van der Waals surface area contributed by atoms with Crippen LogP contribution in [0.2, 0.25) is 0 Å². The molecular formula is C15H24N4O2. The highest BCUT2D eigenvalue weighted by atomic mass is 16.5. The maximum atomic E-state index is 11.9. The molecule has 0 radical (unpaired) electrons. The van der Waals surface area contributed by atoms with E-state index in [9.17, 15) is 4.79 Å². The van der Waals surface area contributed by atoms with Gasteiger partial charge in [-0.2, -0.15) is 4.98 Å². The molecule has 3 rings (SSSR count). The highest BCUT2D eigenvalue weighted by molar-refractivity contribution is 5.73. The van der Waals surface area contributed by atoms with E-state index >= 15 is 0 Å². The van der Waals surface area contributed by atoms with E-state index in [1.165, 1.54) is 6.42 Å². The molecule has 2 heterocycles. The minimum atomic E-state index is 0.131. The number of aromatic nitrogens is 2. The summed E-state index contributed by atoms with van der Waals surface area (Å²) in [5.74, 6) is 2.11. The molecule has 1 N–H and O–H groups in total. The van der Waals surface area contributed by atoms with E-state index in [-0.39, 0.29) is 5.91 Å². The highest BCUT2D eigenvalue weighted by Crippen LogP contribution is 2.35. The van der Waals surface area contributed by atoms with Crippen LogP contribution in [0.25, 0.3) is 0 Å². The molecule has 1 amide bonds. The molecule has 2 fully saturated rings. The summed E-state index contributed by atoms with van der Waals surface area (Å²) < 4.78 is 5.33. The van der Waals surface area contributed by atoms with E-state index in [2.05, 4.69) is 15.5 Å². The van der Waals surface area contributed by atoms with Gasteiger partial charge in [0, 0.05) is 38.4 Å². The van der Waals surface area contributed by atoms with Gasteiger partial charge in [-0.15, -0.1) is 0 Å². The normalized spacial score (nSPS) is 22.8. The Kier molecular flexibility index (Phi) is 4.53. The summed E-state index contributed by atoms with van der Waals surface area (Å²) in [7, 11) is 0. The van der Waals surface area contributed by atoms with Crippen LogP contribution >= 0.6 is 0 Å². The lowest BCUT2D eigenvalue weighted by atomic mass is 9.85. The van der Waals surface area contributed by atoms with Crippen molar-refractivity contribution in [1.29, 1.82) is 0 Å². The Morgan fingerprint density at radius 3 is 2.86 bits per heavy atom. The molecule has 1 aliphatic carbocycles. The topological polar surface area (TPSA) is 71.3 Å². The van der Waals surface area contributed by atoms with Crippen LogP contribution in [0, 0.1) is 0 Å². The minimum Gasteiger partial charge on any atom is -0.339 e. The van der Waals surface area contributed by atoms with Gasteiger partial charge in [0.15, 0.2) is 5.82 Å². The van der Waals surface area contributed by atoms with Gasteiger partial charge in [0.25, 0.3) is 0 Å². The Labute approximate surface area is 125 Å². The number of carbonyl (C=O) groups excluding carboxylic acids is 1. The van der Waals surface area contributed by atoms with Gasteiger partial charge in [0.05, 0.1) is 0 Å². The zero-order valence-corrected chi connectivity index (χ0v) is 12.7. The molecule has 1 aromatic rings. The van der Waals surface area contributed by atoms with Crippen molar-refractivity contribution in [1.82, 2.24) is 20.4 Å². The van der Waals surface area contributed by atoms with Crippen LogP contribution in [0.1, 0.15) is 56.7 Å². The molecule has 6 heteroatoms. The summed E-state index contributed by atoms with van der Waals surface area (Å²) in [6, 6.07) is 0.300. The smallest absolute Gasteiger partial charge is 0.229 e. The van der Waals surface area contributed by atoms with Gasteiger partial charge in [-0.05, 0) is 32.2 Å². The van der Waals surface area contributed by atoms with Crippen molar-refractivity contribution in [2.45, 2.75) is 57.4 Å². The monoisotopic (exact) mass is 292 g/mol. The molecule has 116 valence electrons. The lowest BCUT2D eigenvalue weighted by Gasteiger charge is -2.33. The number of amides is 1. The Morgan fingerprint density at radius 1 is 1.38 bits per heavy atom. The number of carbonyl (C=O) groups is 1. The van der Waals surface area contributed by atoms with Crippen molar-refractivity contribution in [2.24, 2.45) is 0 Å². The van der Waals surface area contributed by atoms with Crippen LogP contribution in [0.3, 0.4) is 0 Å². The Bertz CT molecular complexity index is 478. The summed E-state index contributed by atoms with van der Waals surface area (Å²) in [6.07, 6.45) is 6.46. The van der Waals surface area contributed by atoms with Crippen molar-refractivity contribution >= 4 is 5.91 Å². The second-order valence-electron chi connectivity index (χ2n) is 6.14. The summed E-state index contributed by atoms with van der Waals surface area (Å²) in [6.45, 7) is 4.26. The first-order valence-corrected chi connectivity index (χ1v) is 8.04. The van der Waals surface area contributed by atoms with E-state index in [1.807, 2.05) is 4.90 Å². The third-order valence-corrected chi connectivity index (χ3v) is 4.63. The van der Waals surface area contributed by atoms with Gasteiger partial charge in [-0.25, -0.2) is 0 Å². The standard InChI is InChI=1S/C15H24N4O2/c1-11(20)19(13-6-3-8-16-10-13)9-7-14-17-15(21-18-14)12-4-2-5-12/h12-13,16H,2-10H2,1H3. The number of piperidine rings is 1. The molecule has 1 aliphatic heterocycles. The Morgan fingerprint density at radius 2 is 2.24 bits per heavy atom. The molecule has 0 aromatic carbocycles. The van der Waals surface area contributed by atoms with Crippen molar-refractivity contribution in [3.8, 4) is 0 Å². The third-order valence-electron chi connectivity index (χ3n) is 4.63. The molecule has 2 aliphatic rings. The van der Waals surface area contributed by atoms with Gasteiger partial charge in [0.1, 0.15) is 0 Å². The summed E-state index contributed by atoms with van der Waals surface area (Å²) in [5.41, 5.74) is 0. The largest absolute Gasteiger partial charge is 0.339 e. The van der Waals surface area contributed by atoms with Crippen molar-refractivity contribution in [3.63, 3.8) is 0 Å². The van der Waals surface area contributed by atoms with Crippen molar-refractivity contribution in [3.05, 3.63) is 11.7 Å². The van der Waals surface area contributed by atoms with Gasteiger partial charge < -0.3 is 14.7 Å². The average Bonchev–Trinajstić information content (AvgIpc) is 2.86. The average molecular weight is 292 g/mol. The molecule has 0 spiro atoms. The molecule has 1 aromatic heterocycles. The molecule has 1 unspecified atom stereocenters. The number of hydrogen-bond acceptors (Lipinski definition) is 5. The molecule has 0 bridgehead atoms. The van der Waals surface area contributed by atoms with Crippen molar-refractivity contribution in [2.75, 3.05) is 19.6 Å². The lowest BCUT2D eigenvalue weighted by Crippen LogP contribution is -2.48. The van der Waals surface area contributed by atoms with Crippen LogP contribution in [0.5, 0.6) is 0 Å². The van der Waals surface area contributed by atoms with Gasteiger partial charge >= 0.3 is 0 Å². The maximum Gasteiger partial charge on any atom is 0.229 e. The molecule has 1 saturated carbocycles. The fourth-order valence-corrected chi connectivity index (χ4v) is 3.11. The summed E-state index contributed by atoms with van der Waals surface area (Å²) >= 11 is 0. The van der Waals surface area contributed by atoms with E-state index in [0.29, 0.717) is 24.9 Å². The van der Waals surface area contributed by atoms with Crippen LogP contribution in [0.15, 0.2) is 4.52 Å².